The van der Waals surface area contributed by atoms with Gasteiger partial charge in [-0.3, -0.25) is 14.4 Å². The van der Waals surface area contributed by atoms with Crippen molar-refractivity contribution in [3.63, 3.8) is 0 Å². The first kappa shape index (κ1) is 24.9. The lowest BCUT2D eigenvalue weighted by Crippen LogP contribution is -2.37. The summed E-state index contributed by atoms with van der Waals surface area (Å²) in [5.74, 6) is -0.135. The zero-order valence-electron chi connectivity index (χ0n) is 21.9. The molecule has 0 N–H and O–H groups in total. The van der Waals surface area contributed by atoms with Crippen molar-refractivity contribution in [3.05, 3.63) is 96.6 Å². The lowest BCUT2D eigenvalue weighted by molar-refractivity contribution is -0.126. The number of amides is 2. The Morgan fingerprint density at radius 3 is 2.28 bits per heavy atom. The summed E-state index contributed by atoms with van der Waals surface area (Å²) in [6, 6.07) is 28.2. The Balaban J connectivity index is 1.42. The highest BCUT2D eigenvalue weighted by molar-refractivity contribution is 6.24. The van der Waals surface area contributed by atoms with Crippen LogP contribution in [0.2, 0.25) is 0 Å². The summed E-state index contributed by atoms with van der Waals surface area (Å²) in [7, 11) is 0. The van der Waals surface area contributed by atoms with Crippen LogP contribution in [0.3, 0.4) is 0 Å². The van der Waals surface area contributed by atoms with Crippen molar-refractivity contribution in [1.29, 1.82) is 0 Å². The number of benzene rings is 4. The second kappa shape index (κ2) is 10.4. The molecule has 2 heterocycles. The molecule has 0 bridgehead atoms. The minimum Gasteiger partial charge on any atom is -0.490 e. The third kappa shape index (κ3) is 4.38. The standard InChI is InChI=1S/C32H30N2O5/c1-3-18-38-26-17-15-23(20-27(26)37-4-2)29-28-30(39-34(29)24-12-6-5-7-13-24)32(36)33(31(28)35)25-16-14-21-10-8-9-11-22(21)19-25/h5-17,19-20,28-30H,3-4,18H2,1-2H3/t28-,29-,30-/m1/s1. The molecule has 0 aliphatic carbocycles. The van der Waals surface area contributed by atoms with Gasteiger partial charge >= 0.3 is 0 Å². The Morgan fingerprint density at radius 1 is 0.744 bits per heavy atom. The first-order chi connectivity index (χ1) is 19.1. The minimum absolute atomic E-state index is 0.284. The molecule has 2 saturated heterocycles. The number of fused-ring (bicyclic) bond motifs is 2. The van der Waals surface area contributed by atoms with E-state index in [1.807, 2.05) is 105 Å². The molecule has 198 valence electrons. The van der Waals surface area contributed by atoms with Gasteiger partial charge in [0.05, 0.1) is 30.6 Å². The first-order valence-corrected chi connectivity index (χ1v) is 13.4. The second-order valence-corrected chi connectivity index (χ2v) is 9.69. The van der Waals surface area contributed by atoms with Crippen molar-refractivity contribution in [2.45, 2.75) is 32.4 Å². The van der Waals surface area contributed by atoms with Crippen molar-refractivity contribution in [2.24, 2.45) is 5.92 Å². The molecule has 4 aromatic carbocycles. The molecule has 0 saturated carbocycles. The second-order valence-electron chi connectivity index (χ2n) is 9.69. The van der Waals surface area contributed by atoms with E-state index in [1.54, 1.807) is 5.06 Å². The maximum absolute atomic E-state index is 14.1. The fourth-order valence-electron chi connectivity index (χ4n) is 5.43. The van der Waals surface area contributed by atoms with Gasteiger partial charge in [0.15, 0.2) is 17.6 Å². The number of nitrogens with zero attached hydrogens (tertiary/aromatic N) is 2. The molecule has 0 aromatic heterocycles. The van der Waals surface area contributed by atoms with Gasteiger partial charge in [0.1, 0.15) is 5.92 Å². The molecular formula is C32H30N2O5. The summed E-state index contributed by atoms with van der Waals surface area (Å²) in [4.78, 5) is 35.4. The maximum Gasteiger partial charge on any atom is 0.266 e. The number of imide groups is 1. The molecule has 0 radical (unpaired) electrons. The zero-order valence-corrected chi connectivity index (χ0v) is 21.9. The minimum atomic E-state index is -0.944. The molecule has 0 spiro atoms. The summed E-state index contributed by atoms with van der Waals surface area (Å²) in [6.07, 6.45) is -0.0722. The van der Waals surface area contributed by atoms with Gasteiger partial charge in [0.2, 0.25) is 5.91 Å². The number of carbonyl (C=O) groups excluding carboxylic acids is 2. The van der Waals surface area contributed by atoms with Crippen LogP contribution in [0.4, 0.5) is 11.4 Å². The van der Waals surface area contributed by atoms with Crippen LogP contribution in [-0.4, -0.2) is 31.1 Å². The number of hydroxylamine groups is 1. The molecule has 0 unspecified atom stereocenters. The number of para-hydroxylation sites is 1. The number of anilines is 2. The summed E-state index contributed by atoms with van der Waals surface area (Å²) >= 11 is 0. The number of ether oxygens (including phenoxy) is 2. The average molecular weight is 523 g/mol. The summed E-state index contributed by atoms with van der Waals surface area (Å²) in [5.41, 5.74) is 2.12. The molecule has 3 atom stereocenters. The van der Waals surface area contributed by atoms with E-state index in [0.717, 1.165) is 28.4 Å². The number of hydrogen-bond donors (Lipinski definition) is 0. The van der Waals surface area contributed by atoms with E-state index in [2.05, 4.69) is 0 Å². The lowest BCUT2D eigenvalue weighted by Gasteiger charge is -2.29. The maximum atomic E-state index is 14.1. The fraction of sp³-hybridized carbons (Fsp3) is 0.250. The number of rotatable bonds is 8. The summed E-state index contributed by atoms with van der Waals surface area (Å²) < 4.78 is 11.8. The van der Waals surface area contributed by atoms with Gasteiger partial charge in [0.25, 0.3) is 5.91 Å². The SMILES string of the molecule is CCCOc1ccc([C@@H]2[C@H]3C(=O)N(c4ccc5ccccc5c4)C(=O)[C@@H]3ON2c2ccccc2)cc1OCC. The van der Waals surface area contributed by atoms with Gasteiger partial charge in [-0.25, -0.2) is 9.96 Å². The molecule has 39 heavy (non-hydrogen) atoms. The Hall–Kier alpha value is -4.36. The van der Waals surface area contributed by atoms with Crippen LogP contribution >= 0.6 is 0 Å². The van der Waals surface area contributed by atoms with Gasteiger partial charge in [-0.2, -0.15) is 0 Å². The normalized spacial score (nSPS) is 20.5. The summed E-state index contributed by atoms with van der Waals surface area (Å²) in [6.45, 7) is 5.00. The van der Waals surface area contributed by atoms with Crippen LogP contribution in [0.1, 0.15) is 31.9 Å². The van der Waals surface area contributed by atoms with Crippen LogP contribution in [0.5, 0.6) is 11.5 Å². The van der Waals surface area contributed by atoms with Gasteiger partial charge in [0, 0.05) is 0 Å². The Morgan fingerprint density at radius 2 is 1.51 bits per heavy atom. The molecule has 2 aliphatic rings. The largest absolute Gasteiger partial charge is 0.490 e. The monoisotopic (exact) mass is 522 g/mol. The lowest BCUT2D eigenvalue weighted by atomic mass is 9.90. The number of hydrogen-bond acceptors (Lipinski definition) is 6. The van der Waals surface area contributed by atoms with E-state index in [9.17, 15) is 9.59 Å². The van der Waals surface area contributed by atoms with Gasteiger partial charge in [-0.1, -0.05) is 61.5 Å². The molecule has 2 fully saturated rings. The molecule has 6 rings (SSSR count). The van der Waals surface area contributed by atoms with Crippen molar-refractivity contribution in [1.82, 2.24) is 0 Å². The third-order valence-electron chi connectivity index (χ3n) is 7.19. The highest BCUT2D eigenvalue weighted by atomic mass is 16.7. The number of carbonyl (C=O) groups is 2. The molecule has 2 amide bonds. The van der Waals surface area contributed by atoms with E-state index >= 15 is 0 Å². The third-order valence-corrected chi connectivity index (χ3v) is 7.19. The van der Waals surface area contributed by atoms with Crippen LogP contribution < -0.4 is 19.4 Å². The van der Waals surface area contributed by atoms with E-state index in [1.165, 1.54) is 4.90 Å². The quantitative estimate of drug-likeness (QED) is 0.261. The predicted molar refractivity (Wildman–Crippen MR) is 150 cm³/mol. The molecule has 4 aromatic rings. The Labute approximate surface area is 227 Å². The molecule has 2 aliphatic heterocycles. The summed E-state index contributed by atoms with van der Waals surface area (Å²) in [5, 5.41) is 3.69. The van der Waals surface area contributed by atoms with Crippen LogP contribution in [0.15, 0.2) is 91.0 Å². The van der Waals surface area contributed by atoms with Crippen LogP contribution in [0, 0.1) is 5.92 Å². The van der Waals surface area contributed by atoms with E-state index in [0.29, 0.717) is 30.4 Å². The van der Waals surface area contributed by atoms with Crippen molar-refractivity contribution >= 4 is 34.0 Å². The van der Waals surface area contributed by atoms with E-state index in [-0.39, 0.29) is 11.8 Å². The van der Waals surface area contributed by atoms with Gasteiger partial charge in [-0.05, 0) is 66.1 Å². The van der Waals surface area contributed by atoms with Crippen molar-refractivity contribution in [3.8, 4) is 11.5 Å². The molecular weight excluding hydrogens is 492 g/mol. The Kier molecular flexibility index (Phi) is 6.67. The zero-order chi connectivity index (χ0) is 26.9. The van der Waals surface area contributed by atoms with Crippen LogP contribution in [-0.2, 0) is 14.4 Å². The van der Waals surface area contributed by atoms with Gasteiger partial charge < -0.3 is 9.47 Å². The smallest absolute Gasteiger partial charge is 0.266 e. The first-order valence-electron chi connectivity index (χ1n) is 13.4. The van der Waals surface area contributed by atoms with E-state index in [4.69, 9.17) is 14.3 Å². The molecule has 7 nitrogen and oxygen atoms in total. The highest BCUT2D eigenvalue weighted by Crippen LogP contribution is 2.49. The Bertz CT molecular complexity index is 1520. The molecule has 7 heteroatoms. The van der Waals surface area contributed by atoms with Gasteiger partial charge in [-0.15, -0.1) is 0 Å². The van der Waals surface area contributed by atoms with Crippen LogP contribution in [0.25, 0.3) is 10.8 Å². The van der Waals surface area contributed by atoms with Crippen molar-refractivity contribution in [2.75, 3.05) is 23.2 Å². The predicted octanol–water partition coefficient (Wildman–Crippen LogP) is 6.08. The van der Waals surface area contributed by atoms with E-state index < -0.39 is 18.1 Å². The topological polar surface area (TPSA) is 68.3 Å². The fourth-order valence-corrected chi connectivity index (χ4v) is 5.43. The highest BCUT2D eigenvalue weighted by Gasteiger charge is 2.60. The van der Waals surface area contributed by atoms with Crippen molar-refractivity contribution < 1.29 is 23.9 Å². The average Bonchev–Trinajstić information content (AvgIpc) is 3.48.